The predicted octanol–water partition coefficient (Wildman–Crippen LogP) is 3.28. The van der Waals surface area contributed by atoms with E-state index in [4.69, 9.17) is 38.9 Å². The van der Waals surface area contributed by atoms with Crippen molar-refractivity contribution in [3.63, 3.8) is 0 Å². The van der Waals surface area contributed by atoms with Crippen LogP contribution >= 0.6 is 23.2 Å². The van der Waals surface area contributed by atoms with E-state index in [0.717, 1.165) is 0 Å². The summed E-state index contributed by atoms with van der Waals surface area (Å²) in [6.45, 7) is 0. The minimum Gasteiger partial charge on any atom is -0.437 e. The summed E-state index contributed by atoms with van der Waals surface area (Å²) in [5.41, 5.74) is 5.74. The molecule has 0 bridgehead atoms. The van der Waals surface area contributed by atoms with E-state index in [2.05, 4.69) is 10.1 Å². The molecule has 0 spiro atoms. The molecule has 0 radical (unpaired) electrons. The minimum absolute atomic E-state index is 0.104. The van der Waals surface area contributed by atoms with Crippen LogP contribution in [0.3, 0.4) is 0 Å². The van der Waals surface area contributed by atoms with Gasteiger partial charge in [0.15, 0.2) is 5.84 Å². The molecular weight excluding hydrogens is 289 g/mol. The lowest BCUT2D eigenvalue weighted by atomic mass is 10.3. The molecule has 1 heterocycles. The third kappa shape index (κ3) is 3.27. The molecule has 3 N–H and O–H groups in total. The highest BCUT2D eigenvalue weighted by Gasteiger charge is 2.07. The van der Waals surface area contributed by atoms with Crippen LogP contribution in [0, 0.1) is 0 Å². The van der Waals surface area contributed by atoms with Gasteiger partial charge < -0.3 is 15.7 Å². The zero-order valence-electron chi connectivity index (χ0n) is 9.55. The zero-order chi connectivity index (χ0) is 13.8. The van der Waals surface area contributed by atoms with E-state index in [-0.39, 0.29) is 11.7 Å². The van der Waals surface area contributed by atoms with Gasteiger partial charge in [-0.1, -0.05) is 34.4 Å². The van der Waals surface area contributed by atoms with Gasteiger partial charge >= 0.3 is 0 Å². The van der Waals surface area contributed by atoms with Gasteiger partial charge in [-0.05, 0) is 24.3 Å². The number of ether oxygens (including phenoxy) is 1. The largest absolute Gasteiger partial charge is 0.437 e. The first-order valence-electron chi connectivity index (χ1n) is 5.18. The number of aromatic nitrogens is 1. The van der Waals surface area contributed by atoms with Crippen molar-refractivity contribution in [2.24, 2.45) is 10.9 Å². The number of halogens is 2. The fourth-order valence-electron chi connectivity index (χ4n) is 1.34. The number of benzene rings is 1. The van der Waals surface area contributed by atoms with Crippen LogP contribution in [-0.4, -0.2) is 16.0 Å². The van der Waals surface area contributed by atoms with Crippen molar-refractivity contribution in [3.05, 3.63) is 52.1 Å². The lowest BCUT2D eigenvalue weighted by Crippen LogP contribution is -2.14. The van der Waals surface area contributed by atoms with Gasteiger partial charge in [-0.25, -0.2) is 4.98 Å². The minimum atomic E-state index is -0.104. The van der Waals surface area contributed by atoms with E-state index in [0.29, 0.717) is 21.5 Å². The van der Waals surface area contributed by atoms with Crippen LogP contribution in [0.2, 0.25) is 10.0 Å². The van der Waals surface area contributed by atoms with Crippen molar-refractivity contribution < 1.29 is 9.94 Å². The Kier molecular flexibility index (Phi) is 4.09. The van der Waals surface area contributed by atoms with Gasteiger partial charge in [0.1, 0.15) is 11.4 Å². The van der Waals surface area contributed by atoms with Crippen molar-refractivity contribution in [1.29, 1.82) is 0 Å². The van der Waals surface area contributed by atoms with Crippen LogP contribution in [0.4, 0.5) is 0 Å². The summed E-state index contributed by atoms with van der Waals surface area (Å²) in [7, 11) is 0. The van der Waals surface area contributed by atoms with E-state index >= 15 is 0 Å². The predicted molar refractivity (Wildman–Crippen MR) is 73.3 cm³/mol. The lowest BCUT2D eigenvalue weighted by Gasteiger charge is -2.07. The number of hydrogen-bond acceptors (Lipinski definition) is 4. The lowest BCUT2D eigenvalue weighted by molar-refractivity contribution is 0.318. The fourth-order valence-corrected chi connectivity index (χ4v) is 1.78. The van der Waals surface area contributed by atoms with E-state index < -0.39 is 0 Å². The van der Waals surface area contributed by atoms with Crippen LogP contribution in [0.5, 0.6) is 11.6 Å². The SMILES string of the molecule is NC(=NO)c1cccc(Oc2ccc(Cl)cc2Cl)n1. The second-order valence-corrected chi connectivity index (χ2v) is 4.37. The molecule has 7 heteroatoms. The Morgan fingerprint density at radius 1 is 1.26 bits per heavy atom. The standard InChI is InChI=1S/C12H9Cl2N3O2/c13-7-4-5-10(8(14)6-7)19-11-3-1-2-9(16-11)12(15)17-18/h1-6,18H,(H2,15,17). The maximum atomic E-state index is 8.59. The maximum Gasteiger partial charge on any atom is 0.219 e. The summed E-state index contributed by atoms with van der Waals surface area (Å²) in [5, 5.41) is 12.3. The summed E-state index contributed by atoms with van der Waals surface area (Å²) >= 11 is 11.8. The van der Waals surface area contributed by atoms with Crippen LogP contribution < -0.4 is 10.5 Å². The summed E-state index contributed by atoms with van der Waals surface area (Å²) < 4.78 is 5.51. The molecule has 0 atom stereocenters. The Balaban J connectivity index is 2.28. The van der Waals surface area contributed by atoms with Crippen molar-refractivity contribution in [2.75, 3.05) is 0 Å². The van der Waals surface area contributed by atoms with Crippen molar-refractivity contribution in [1.82, 2.24) is 4.98 Å². The van der Waals surface area contributed by atoms with Crippen LogP contribution in [-0.2, 0) is 0 Å². The Morgan fingerprint density at radius 3 is 2.74 bits per heavy atom. The maximum absolute atomic E-state index is 8.59. The molecular formula is C12H9Cl2N3O2. The quantitative estimate of drug-likeness (QED) is 0.394. The number of pyridine rings is 1. The molecule has 0 aliphatic rings. The molecule has 0 aliphatic carbocycles. The van der Waals surface area contributed by atoms with Crippen LogP contribution in [0.1, 0.15) is 5.69 Å². The van der Waals surface area contributed by atoms with Gasteiger partial charge in [-0.2, -0.15) is 0 Å². The van der Waals surface area contributed by atoms with Gasteiger partial charge in [0.25, 0.3) is 0 Å². The Morgan fingerprint density at radius 2 is 2.05 bits per heavy atom. The third-order valence-electron chi connectivity index (χ3n) is 2.20. The fraction of sp³-hybridized carbons (Fsp3) is 0. The van der Waals surface area contributed by atoms with Gasteiger partial charge in [-0.15, -0.1) is 0 Å². The molecule has 19 heavy (non-hydrogen) atoms. The highest BCUT2D eigenvalue weighted by atomic mass is 35.5. The monoisotopic (exact) mass is 297 g/mol. The number of hydrogen-bond donors (Lipinski definition) is 2. The Hall–Kier alpha value is -1.98. The molecule has 1 aromatic carbocycles. The van der Waals surface area contributed by atoms with Crippen molar-refractivity contribution >= 4 is 29.0 Å². The molecule has 2 aromatic rings. The Bertz CT molecular complexity index is 632. The van der Waals surface area contributed by atoms with Crippen LogP contribution in [0.15, 0.2) is 41.6 Å². The zero-order valence-corrected chi connectivity index (χ0v) is 11.1. The average Bonchev–Trinajstić information content (AvgIpc) is 2.41. The number of amidine groups is 1. The van der Waals surface area contributed by atoms with Gasteiger partial charge in [0, 0.05) is 11.1 Å². The number of rotatable bonds is 3. The number of nitrogens with zero attached hydrogens (tertiary/aromatic N) is 2. The van der Waals surface area contributed by atoms with E-state index in [1.54, 1.807) is 36.4 Å². The van der Waals surface area contributed by atoms with Gasteiger partial charge in [0.05, 0.1) is 5.02 Å². The first-order valence-corrected chi connectivity index (χ1v) is 5.93. The normalized spacial score (nSPS) is 11.4. The van der Waals surface area contributed by atoms with E-state index in [1.165, 1.54) is 0 Å². The third-order valence-corrected chi connectivity index (χ3v) is 2.73. The number of nitrogens with two attached hydrogens (primary N) is 1. The molecule has 0 saturated carbocycles. The van der Waals surface area contributed by atoms with Crippen LogP contribution in [0.25, 0.3) is 0 Å². The second-order valence-electron chi connectivity index (χ2n) is 3.52. The summed E-state index contributed by atoms with van der Waals surface area (Å²) in [6.07, 6.45) is 0. The Labute approximate surface area is 119 Å². The molecule has 0 saturated heterocycles. The van der Waals surface area contributed by atoms with Gasteiger partial charge in [-0.3, -0.25) is 0 Å². The molecule has 0 fully saturated rings. The first kappa shape index (κ1) is 13.5. The van der Waals surface area contributed by atoms with E-state index in [1.807, 2.05) is 0 Å². The summed E-state index contributed by atoms with van der Waals surface area (Å²) in [5.74, 6) is 0.580. The van der Waals surface area contributed by atoms with Crippen molar-refractivity contribution in [2.45, 2.75) is 0 Å². The molecule has 1 aromatic heterocycles. The first-order chi connectivity index (χ1) is 9.10. The second kappa shape index (κ2) is 5.77. The molecule has 0 amide bonds. The molecule has 98 valence electrons. The smallest absolute Gasteiger partial charge is 0.219 e. The molecule has 0 unspecified atom stereocenters. The summed E-state index contributed by atoms with van der Waals surface area (Å²) in [6, 6.07) is 9.72. The van der Waals surface area contributed by atoms with Crippen molar-refractivity contribution in [3.8, 4) is 11.6 Å². The molecule has 2 rings (SSSR count). The number of oxime groups is 1. The van der Waals surface area contributed by atoms with Gasteiger partial charge in [0.2, 0.25) is 5.88 Å². The van der Waals surface area contributed by atoms with E-state index in [9.17, 15) is 0 Å². The summed E-state index contributed by atoms with van der Waals surface area (Å²) in [4.78, 5) is 4.07. The topological polar surface area (TPSA) is 80.7 Å². The average molecular weight is 298 g/mol. The molecule has 0 aliphatic heterocycles. The highest BCUT2D eigenvalue weighted by Crippen LogP contribution is 2.30. The molecule has 5 nitrogen and oxygen atoms in total. The highest BCUT2D eigenvalue weighted by molar-refractivity contribution is 6.35.